The van der Waals surface area contributed by atoms with Crippen LogP contribution in [0.1, 0.15) is 22.3 Å². The Bertz CT molecular complexity index is 2060. The van der Waals surface area contributed by atoms with Crippen LogP contribution in [0.5, 0.6) is 0 Å². The van der Waals surface area contributed by atoms with E-state index < -0.39 is 5.41 Å². The van der Waals surface area contributed by atoms with Crippen LogP contribution in [0.15, 0.2) is 154 Å². The van der Waals surface area contributed by atoms with Gasteiger partial charge >= 0.3 is 0 Å². The molecule has 0 unspecified atom stereocenters. The lowest BCUT2D eigenvalue weighted by Crippen LogP contribution is -2.39. The SMILES string of the molecule is c1ccc(N2c3ccccc3C3(c4ccccc4Sc4c3ccc3oc5ccccc5c43)c3ccccc32)cc1. The van der Waals surface area contributed by atoms with Gasteiger partial charge in [0.1, 0.15) is 11.2 Å². The van der Waals surface area contributed by atoms with Crippen molar-refractivity contribution in [3.8, 4) is 0 Å². The summed E-state index contributed by atoms with van der Waals surface area (Å²) in [6.07, 6.45) is 0. The Morgan fingerprint density at radius 1 is 0.500 bits per heavy atom. The highest BCUT2D eigenvalue weighted by molar-refractivity contribution is 7.99. The zero-order valence-corrected chi connectivity index (χ0v) is 22.4. The van der Waals surface area contributed by atoms with Gasteiger partial charge in [-0.05, 0) is 64.7 Å². The normalized spacial score (nSPS) is 14.6. The Hall–Kier alpha value is -4.73. The minimum Gasteiger partial charge on any atom is -0.456 e. The first-order chi connectivity index (χ1) is 19.9. The van der Waals surface area contributed by atoms with Crippen molar-refractivity contribution in [2.24, 2.45) is 0 Å². The smallest absolute Gasteiger partial charge is 0.136 e. The highest BCUT2D eigenvalue weighted by Crippen LogP contribution is 2.63. The van der Waals surface area contributed by atoms with E-state index in [1.807, 2.05) is 17.8 Å². The van der Waals surface area contributed by atoms with E-state index in [0.29, 0.717) is 0 Å². The summed E-state index contributed by atoms with van der Waals surface area (Å²) in [5.41, 5.74) is 10.2. The van der Waals surface area contributed by atoms with Crippen molar-refractivity contribution < 1.29 is 4.42 Å². The van der Waals surface area contributed by atoms with Crippen LogP contribution < -0.4 is 4.90 Å². The summed E-state index contributed by atoms with van der Waals surface area (Å²) in [4.78, 5) is 4.98. The first kappa shape index (κ1) is 22.1. The summed E-state index contributed by atoms with van der Waals surface area (Å²) in [7, 11) is 0. The van der Waals surface area contributed by atoms with Crippen LogP contribution in [0, 0.1) is 0 Å². The fourth-order valence-corrected chi connectivity index (χ4v) is 8.33. The summed E-state index contributed by atoms with van der Waals surface area (Å²) in [5, 5.41) is 2.37. The molecule has 0 aliphatic carbocycles. The molecule has 0 fully saturated rings. The van der Waals surface area contributed by atoms with E-state index in [4.69, 9.17) is 4.42 Å². The molecule has 0 amide bonds. The van der Waals surface area contributed by atoms with E-state index in [2.05, 4.69) is 138 Å². The van der Waals surface area contributed by atoms with Gasteiger partial charge in [0.2, 0.25) is 0 Å². The maximum absolute atomic E-state index is 6.37. The highest BCUT2D eigenvalue weighted by atomic mass is 32.2. The highest BCUT2D eigenvalue weighted by Gasteiger charge is 2.50. The maximum Gasteiger partial charge on any atom is 0.136 e. The Morgan fingerprint density at radius 2 is 1.12 bits per heavy atom. The van der Waals surface area contributed by atoms with Gasteiger partial charge in [0, 0.05) is 26.3 Å². The number of benzene rings is 6. The van der Waals surface area contributed by atoms with Gasteiger partial charge in [-0.25, -0.2) is 0 Å². The number of nitrogens with zero attached hydrogens (tertiary/aromatic N) is 1. The minimum atomic E-state index is -0.484. The predicted octanol–water partition coefficient (Wildman–Crippen LogP) is 10.2. The lowest BCUT2D eigenvalue weighted by Gasteiger charge is -2.49. The predicted molar refractivity (Wildman–Crippen MR) is 164 cm³/mol. The molecule has 0 atom stereocenters. The third-order valence-electron chi connectivity index (χ3n) is 8.52. The van der Waals surface area contributed by atoms with E-state index >= 15 is 0 Å². The molecule has 0 radical (unpaired) electrons. The standard InChI is InChI=1S/C37H23NOS/c1-2-12-24(13-3-1)38-30-18-8-5-15-26(30)37(27-16-6-9-19-31(27)38)28-17-7-11-21-34(28)40-36-29(37)22-23-33-35(36)25-14-4-10-20-32(25)39-33/h1-23H. The molecular weight excluding hydrogens is 506 g/mol. The average Bonchev–Trinajstić information content (AvgIpc) is 3.41. The number of hydrogen-bond acceptors (Lipinski definition) is 3. The number of anilines is 3. The van der Waals surface area contributed by atoms with Gasteiger partial charge in [-0.1, -0.05) is 109 Å². The Labute approximate surface area is 236 Å². The molecule has 2 nitrogen and oxygen atoms in total. The number of furan rings is 1. The van der Waals surface area contributed by atoms with Crippen LogP contribution in [0.25, 0.3) is 21.9 Å². The Kier molecular flexibility index (Phi) is 4.50. The fraction of sp³-hybridized carbons (Fsp3) is 0.0270. The van der Waals surface area contributed by atoms with Gasteiger partial charge < -0.3 is 9.32 Å². The van der Waals surface area contributed by atoms with Crippen LogP contribution in [0.3, 0.4) is 0 Å². The molecule has 9 rings (SSSR count). The lowest BCUT2D eigenvalue weighted by molar-refractivity contribution is 0.664. The van der Waals surface area contributed by atoms with Gasteiger partial charge in [0.15, 0.2) is 0 Å². The van der Waals surface area contributed by atoms with Crippen LogP contribution in [-0.2, 0) is 5.41 Å². The molecule has 0 saturated heterocycles. The average molecular weight is 530 g/mol. The molecule has 3 heteroatoms. The molecule has 0 saturated carbocycles. The number of hydrogen-bond donors (Lipinski definition) is 0. The monoisotopic (exact) mass is 529 g/mol. The molecule has 7 aromatic rings. The quantitative estimate of drug-likeness (QED) is 0.210. The maximum atomic E-state index is 6.37. The summed E-state index contributed by atoms with van der Waals surface area (Å²) in [6, 6.07) is 50.5. The lowest BCUT2D eigenvalue weighted by atomic mass is 9.62. The van der Waals surface area contributed by atoms with Crippen molar-refractivity contribution in [1.29, 1.82) is 0 Å². The van der Waals surface area contributed by atoms with Gasteiger partial charge in [0.05, 0.1) is 16.8 Å². The molecule has 0 N–H and O–H groups in total. The molecule has 1 spiro atoms. The zero-order valence-electron chi connectivity index (χ0n) is 21.5. The molecular formula is C37H23NOS. The van der Waals surface area contributed by atoms with Crippen LogP contribution >= 0.6 is 11.8 Å². The second kappa shape index (κ2) is 8.14. The van der Waals surface area contributed by atoms with Crippen molar-refractivity contribution in [2.75, 3.05) is 4.90 Å². The summed E-state index contributed by atoms with van der Waals surface area (Å²) in [5.74, 6) is 0. The third-order valence-corrected chi connectivity index (χ3v) is 9.72. The van der Waals surface area contributed by atoms with Crippen molar-refractivity contribution in [3.05, 3.63) is 162 Å². The van der Waals surface area contributed by atoms with E-state index in [1.165, 1.54) is 54.2 Å². The molecule has 40 heavy (non-hydrogen) atoms. The summed E-state index contributed by atoms with van der Waals surface area (Å²) < 4.78 is 6.37. The third kappa shape index (κ3) is 2.75. The zero-order chi connectivity index (χ0) is 26.3. The van der Waals surface area contributed by atoms with Gasteiger partial charge in [-0.2, -0.15) is 0 Å². The van der Waals surface area contributed by atoms with Crippen LogP contribution in [0.2, 0.25) is 0 Å². The van der Waals surface area contributed by atoms with Crippen molar-refractivity contribution in [3.63, 3.8) is 0 Å². The fourth-order valence-electron chi connectivity index (χ4n) is 6.99. The van der Waals surface area contributed by atoms with Crippen LogP contribution in [-0.4, -0.2) is 0 Å². The number of fused-ring (bicyclic) bond motifs is 12. The van der Waals surface area contributed by atoms with Gasteiger partial charge in [0.25, 0.3) is 0 Å². The second-order valence-electron chi connectivity index (χ2n) is 10.5. The molecule has 188 valence electrons. The number of para-hydroxylation sites is 4. The molecule has 6 aromatic carbocycles. The van der Waals surface area contributed by atoms with Crippen molar-refractivity contribution in [1.82, 2.24) is 0 Å². The second-order valence-corrected chi connectivity index (χ2v) is 11.5. The summed E-state index contributed by atoms with van der Waals surface area (Å²) >= 11 is 1.87. The van der Waals surface area contributed by atoms with E-state index in [1.54, 1.807) is 0 Å². The first-order valence-electron chi connectivity index (χ1n) is 13.6. The van der Waals surface area contributed by atoms with Gasteiger partial charge in [-0.3, -0.25) is 0 Å². The molecule has 3 heterocycles. The molecule has 2 aliphatic heterocycles. The van der Waals surface area contributed by atoms with Gasteiger partial charge in [-0.15, -0.1) is 0 Å². The molecule has 2 aliphatic rings. The van der Waals surface area contributed by atoms with E-state index in [9.17, 15) is 0 Å². The Balaban J connectivity index is 1.48. The first-order valence-corrected chi connectivity index (χ1v) is 14.4. The molecule has 0 bridgehead atoms. The number of rotatable bonds is 1. The topological polar surface area (TPSA) is 16.4 Å². The van der Waals surface area contributed by atoms with Crippen LogP contribution in [0.4, 0.5) is 17.1 Å². The largest absolute Gasteiger partial charge is 0.456 e. The van der Waals surface area contributed by atoms with E-state index in [-0.39, 0.29) is 0 Å². The summed E-state index contributed by atoms with van der Waals surface area (Å²) in [6.45, 7) is 0. The van der Waals surface area contributed by atoms with Crippen molar-refractivity contribution in [2.45, 2.75) is 15.2 Å². The Morgan fingerprint density at radius 3 is 1.90 bits per heavy atom. The minimum absolute atomic E-state index is 0.484. The molecule has 1 aromatic heterocycles. The van der Waals surface area contributed by atoms with E-state index in [0.717, 1.165) is 16.9 Å². The van der Waals surface area contributed by atoms with Crippen molar-refractivity contribution >= 4 is 50.8 Å².